The van der Waals surface area contributed by atoms with Crippen LogP contribution in [0.25, 0.3) is 0 Å². The Morgan fingerprint density at radius 2 is 2.00 bits per heavy atom. The number of hydrogen-bond acceptors (Lipinski definition) is 5. The van der Waals surface area contributed by atoms with E-state index in [0.29, 0.717) is 6.42 Å². The Morgan fingerprint density at radius 1 is 1.47 bits per heavy atom. The number of carbonyl (C=O) groups is 2. The average molecular weight is 259 g/mol. The molecule has 0 amide bonds. The highest BCUT2D eigenvalue weighted by Crippen LogP contribution is 2.23. The topological polar surface area (TPSA) is 93.1 Å². The maximum Gasteiger partial charge on any atom is 0.712 e. The second-order valence-electron chi connectivity index (χ2n) is 2.46. The second-order valence-corrected chi connectivity index (χ2v) is 3.79. The molecule has 6 nitrogen and oxygen atoms in total. The van der Waals surface area contributed by atoms with Crippen LogP contribution in [0, 0.1) is 0 Å². The van der Waals surface area contributed by atoms with Gasteiger partial charge in [-0.1, -0.05) is 30.1 Å². The van der Waals surface area contributed by atoms with E-state index in [1.165, 1.54) is 0 Å². The largest absolute Gasteiger partial charge is 0.712 e. The molecule has 0 aliphatic carbocycles. The fraction of sp³-hybridized carbons (Fsp3) is 0.667. The van der Waals surface area contributed by atoms with Gasteiger partial charge in [-0.15, -0.1) is 0 Å². The Bertz CT molecular complexity index is 246. The van der Waals surface area contributed by atoms with E-state index in [2.05, 4.69) is 9.31 Å². The number of hydrogen-bond donors (Lipinski definition) is 2. The van der Waals surface area contributed by atoms with Gasteiger partial charge in [0.15, 0.2) is 0 Å². The molecule has 86 valence electrons. The Balaban J connectivity index is 4.18. The third kappa shape index (κ3) is 4.70. The van der Waals surface area contributed by atoms with Gasteiger partial charge in [0.05, 0.1) is 0 Å². The summed E-state index contributed by atoms with van der Waals surface area (Å²) < 4.78 is 5.91. The smallest absolute Gasteiger partial charge is 0.482 e. The summed E-state index contributed by atoms with van der Waals surface area (Å²) in [5.41, 5.74) is 0. The fourth-order valence-corrected chi connectivity index (χ4v) is 0.595. The first-order chi connectivity index (χ1) is 6.82. The zero-order valence-electron chi connectivity index (χ0n) is 7.77. The van der Waals surface area contributed by atoms with Gasteiger partial charge in [-0.05, 0) is 6.42 Å². The molecular formula is C6H9BCl2O6. The van der Waals surface area contributed by atoms with Crippen molar-refractivity contribution in [2.24, 2.45) is 0 Å². The molecule has 0 fully saturated rings. The summed E-state index contributed by atoms with van der Waals surface area (Å²) in [5, 5.41) is 17.3. The molecule has 0 aromatic heterocycles. The molecule has 0 bridgehead atoms. The van der Waals surface area contributed by atoms with Crippen LogP contribution in [-0.2, 0) is 18.9 Å². The molecular weight excluding hydrogens is 250 g/mol. The summed E-state index contributed by atoms with van der Waals surface area (Å²) in [6.07, 6.45) is 0.584. The Hall–Kier alpha value is -0.495. The van der Waals surface area contributed by atoms with Crippen molar-refractivity contribution >= 4 is 42.5 Å². The van der Waals surface area contributed by atoms with Gasteiger partial charge in [-0.3, -0.25) is 0 Å². The number of rotatable bonds is 6. The molecule has 0 aromatic rings. The molecule has 0 aliphatic heterocycles. The van der Waals surface area contributed by atoms with E-state index >= 15 is 0 Å². The van der Waals surface area contributed by atoms with Gasteiger partial charge in [-0.2, -0.15) is 0 Å². The predicted molar refractivity (Wildman–Crippen MR) is 52.4 cm³/mol. The molecule has 2 N–H and O–H groups in total. The van der Waals surface area contributed by atoms with Gasteiger partial charge >= 0.3 is 23.6 Å². The van der Waals surface area contributed by atoms with Gasteiger partial charge in [0, 0.05) is 6.61 Å². The van der Waals surface area contributed by atoms with Crippen molar-refractivity contribution in [2.75, 3.05) is 6.61 Å². The van der Waals surface area contributed by atoms with Crippen LogP contribution in [0.4, 0.5) is 0 Å². The summed E-state index contributed by atoms with van der Waals surface area (Å²) >= 11 is 10.2. The number of carboxylic acid groups (broad SMARTS) is 1. The van der Waals surface area contributed by atoms with Crippen LogP contribution >= 0.6 is 23.2 Å². The lowest BCUT2D eigenvalue weighted by Crippen LogP contribution is -2.41. The number of carbonyl (C=O) groups excluding carboxylic acids is 1. The molecule has 0 rings (SSSR count). The Labute approximate surface area is 96.2 Å². The highest BCUT2D eigenvalue weighted by molar-refractivity contribution is 6.67. The number of carboxylic acids is 1. The number of aliphatic carboxylic acids is 1. The monoisotopic (exact) mass is 258 g/mol. The van der Waals surface area contributed by atoms with E-state index < -0.39 is 23.6 Å². The molecule has 0 aliphatic rings. The van der Waals surface area contributed by atoms with Crippen LogP contribution in [0.5, 0.6) is 0 Å². The third-order valence-corrected chi connectivity index (χ3v) is 1.83. The molecule has 0 atom stereocenters. The zero-order valence-corrected chi connectivity index (χ0v) is 9.29. The minimum Gasteiger partial charge on any atom is -0.482 e. The van der Waals surface area contributed by atoms with Crippen LogP contribution in [0.1, 0.15) is 13.3 Å². The van der Waals surface area contributed by atoms with Crippen LogP contribution in [0.2, 0.25) is 0 Å². The molecule has 0 unspecified atom stereocenters. The average Bonchev–Trinajstić information content (AvgIpc) is 2.14. The lowest BCUT2D eigenvalue weighted by Gasteiger charge is -2.14. The van der Waals surface area contributed by atoms with Gasteiger partial charge in [0.1, 0.15) is 0 Å². The lowest BCUT2D eigenvalue weighted by atomic mass is 10.2. The fourth-order valence-electron chi connectivity index (χ4n) is 0.506. The van der Waals surface area contributed by atoms with Crippen molar-refractivity contribution in [3.05, 3.63) is 0 Å². The van der Waals surface area contributed by atoms with E-state index in [-0.39, 0.29) is 6.61 Å². The quantitative estimate of drug-likeness (QED) is 0.401. The van der Waals surface area contributed by atoms with Crippen molar-refractivity contribution in [1.29, 1.82) is 0 Å². The van der Waals surface area contributed by atoms with Crippen LogP contribution in [-0.4, -0.2) is 40.3 Å². The van der Waals surface area contributed by atoms with E-state index in [4.69, 9.17) is 33.3 Å². The summed E-state index contributed by atoms with van der Waals surface area (Å²) in [7, 11) is -1.88. The molecule has 0 heterocycles. The first-order valence-corrected chi connectivity index (χ1v) is 4.70. The lowest BCUT2D eigenvalue weighted by molar-refractivity contribution is -0.148. The van der Waals surface area contributed by atoms with Crippen molar-refractivity contribution in [3.8, 4) is 0 Å². The molecule has 0 aromatic carbocycles. The van der Waals surface area contributed by atoms with Crippen LogP contribution in [0.3, 0.4) is 0 Å². The van der Waals surface area contributed by atoms with Crippen molar-refractivity contribution < 1.29 is 29.0 Å². The summed E-state index contributed by atoms with van der Waals surface area (Å²) in [4.78, 5) is 21.3. The van der Waals surface area contributed by atoms with Gasteiger partial charge < -0.3 is 19.4 Å². The Kier molecular flexibility index (Phi) is 5.96. The predicted octanol–water partition coefficient (Wildman–Crippen LogP) is 0.192. The standard InChI is InChI=1S/C6H9BCl2O6/c1-2-3-14-7(13)15-5(12)6(8,9)4(10)11/h13H,2-3H2,1H3,(H,10,11). The first kappa shape index (κ1) is 14.5. The van der Waals surface area contributed by atoms with Crippen LogP contribution in [0.15, 0.2) is 0 Å². The summed E-state index contributed by atoms with van der Waals surface area (Å²) in [6.45, 7) is 1.90. The van der Waals surface area contributed by atoms with E-state index in [9.17, 15) is 9.59 Å². The van der Waals surface area contributed by atoms with Gasteiger partial charge in [0.2, 0.25) is 0 Å². The normalized spacial score (nSPS) is 10.9. The van der Waals surface area contributed by atoms with Crippen molar-refractivity contribution in [2.45, 2.75) is 17.7 Å². The molecule has 0 saturated carbocycles. The first-order valence-electron chi connectivity index (χ1n) is 3.94. The minimum absolute atomic E-state index is 0.138. The van der Waals surface area contributed by atoms with Crippen molar-refractivity contribution in [1.82, 2.24) is 0 Å². The minimum atomic E-state index is -2.75. The van der Waals surface area contributed by atoms with E-state index in [1.807, 2.05) is 0 Å². The molecule has 15 heavy (non-hydrogen) atoms. The molecule has 0 saturated heterocycles. The number of halogens is 2. The van der Waals surface area contributed by atoms with E-state index in [0.717, 1.165) is 0 Å². The molecule has 0 radical (unpaired) electrons. The van der Waals surface area contributed by atoms with Crippen molar-refractivity contribution in [3.63, 3.8) is 0 Å². The van der Waals surface area contributed by atoms with E-state index in [1.54, 1.807) is 6.92 Å². The maximum atomic E-state index is 11.0. The summed E-state index contributed by atoms with van der Waals surface area (Å²) in [6, 6.07) is 0. The third-order valence-electron chi connectivity index (χ3n) is 1.20. The Morgan fingerprint density at radius 3 is 2.40 bits per heavy atom. The van der Waals surface area contributed by atoms with Crippen LogP contribution < -0.4 is 0 Å². The van der Waals surface area contributed by atoms with Gasteiger partial charge in [0.25, 0.3) is 0 Å². The molecule has 0 spiro atoms. The van der Waals surface area contributed by atoms with Gasteiger partial charge in [-0.25, -0.2) is 9.59 Å². The maximum absolute atomic E-state index is 11.0. The number of alkyl halides is 2. The molecule has 9 heteroatoms. The SMILES string of the molecule is CCCOB(O)OC(=O)C(Cl)(Cl)C(=O)O. The second kappa shape index (κ2) is 6.17. The zero-order chi connectivity index (χ0) is 12.1. The summed E-state index contributed by atoms with van der Waals surface area (Å²) in [5.74, 6) is -3.31. The highest BCUT2D eigenvalue weighted by atomic mass is 35.5. The highest BCUT2D eigenvalue weighted by Gasteiger charge is 2.46.